The lowest BCUT2D eigenvalue weighted by molar-refractivity contribution is -0.148. The molecule has 0 spiro atoms. The lowest BCUT2D eigenvalue weighted by Crippen LogP contribution is -2.29. The molecule has 0 bridgehead atoms. The Bertz CT molecular complexity index is 1080. The molecule has 3 aromatic rings. The van der Waals surface area contributed by atoms with Gasteiger partial charge in [-0.2, -0.15) is 0 Å². The first kappa shape index (κ1) is 20.4. The number of nitrogens with one attached hydrogen (secondary N) is 1. The summed E-state index contributed by atoms with van der Waals surface area (Å²) < 4.78 is 36.8. The summed E-state index contributed by atoms with van der Waals surface area (Å²) in [6.45, 7) is 1.04. The fourth-order valence-corrected chi connectivity index (χ4v) is 3.08. The lowest BCUT2D eigenvalue weighted by atomic mass is 10.2. The maximum Gasteiger partial charge on any atom is 0.321 e. The highest BCUT2D eigenvalue weighted by atomic mass is 32.2. The minimum atomic E-state index is -3.79. The van der Waals surface area contributed by atoms with E-state index in [0.717, 1.165) is 16.5 Å². The summed E-state index contributed by atoms with van der Waals surface area (Å²) in [5, 5.41) is 8.79. The number of sulfonamides is 1. The van der Waals surface area contributed by atoms with E-state index in [0.29, 0.717) is 5.89 Å². The fraction of sp³-hybridized carbons (Fsp3) is 0.150. The van der Waals surface area contributed by atoms with Crippen LogP contribution >= 0.6 is 0 Å². The summed E-state index contributed by atoms with van der Waals surface area (Å²) in [6, 6.07) is 18.1. The zero-order valence-electron chi connectivity index (χ0n) is 15.6. The number of carbonyl (C=O) groups is 1. The summed E-state index contributed by atoms with van der Waals surface area (Å²) in [4.78, 5) is 12.0. The average Bonchev–Trinajstić information content (AvgIpc) is 3.23. The standard InChI is InChI=1S/C20H19N3O5S/c1-15(19-22-23-20(28-19)17-10-6-3-7-11-17)27-18(24)14-21-29(25,26)13-12-16-8-4-2-5-9-16/h2-13,15,21H,14H2,1H3/b13-12+/t15-/m0/s1. The molecule has 0 fully saturated rings. The highest BCUT2D eigenvalue weighted by molar-refractivity contribution is 7.92. The van der Waals surface area contributed by atoms with E-state index < -0.39 is 28.6 Å². The number of nitrogens with zero attached hydrogens (tertiary/aromatic N) is 2. The van der Waals surface area contributed by atoms with Crippen LogP contribution in [0.5, 0.6) is 0 Å². The Morgan fingerprint density at radius 3 is 2.45 bits per heavy atom. The Balaban J connectivity index is 1.52. The number of hydrogen-bond acceptors (Lipinski definition) is 7. The third kappa shape index (κ3) is 6.09. The Hall–Kier alpha value is -3.30. The molecule has 3 rings (SSSR count). The number of rotatable bonds is 8. The van der Waals surface area contributed by atoms with Gasteiger partial charge in [0.25, 0.3) is 5.89 Å². The van der Waals surface area contributed by atoms with Crippen molar-refractivity contribution in [1.82, 2.24) is 14.9 Å². The van der Waals surface area contributed by atoms with Gasteiger partial charge < -0.3 is 9.15 Å². The molecule has 0 amide bonds. The molecule has 150 valence electrons. The van der Waals surface area contributed by atoms with Crippen LogP contribution in [-0.4, -0.2) is 31.1 Å². The molecule has 0 saturated heterocycles. The molecule has 0 aliphatic carbocycles. The molecule has 9 heteroatoms. The fourth-order valence-electron chi connectivity index (χ4n) is 2.33. The van der Waals surface area contributed by atoms with E-state index in [1.807, 2.05) is 36.4 Å². The van der Waals surface area contributed by atoms with Crippen molar-refractivity contribution in [3.8, 4) is 11.5 Å². The number of ether oxygens (including phenoxy) is 1. The van der Waals surface area contributed by atoms with Crippen molar-refractivity contribution in [2.45, 2.75) is 13.0 Å². The van der Waals surface area contributed by atoms with Gasteiger partial charge in [-0.05, 0) is 30.7 Å². The predicted octanol–water partition coefficient (Wildman–Crippen LogP) is 2.93. The van der Waals surface area contributed by atoms with E-state index in [1.54, 1.807) is 31.2 Å². The van der Waals surface area contributed by atoms with Crippen LogP contribution in [0.2, 0.25) is 0 Å². The average molecular weight is 413 g/mol. The van der Waals surface area contributed by atoms with Gasteiger partial charge in [0.1, 0.15) is 6.54 Å². The highest BCUT2D eigenvalue weighted by Gasteiger charge is 2.20. The first-order valence-corrected chi connectivity index (χ1v) is 10.3. The van der Waals surface area contributed by atoms with Crippen LogP contribution in [0.15, 0.2) is 70.5 Å². The van der Waals surface area contributed by atoms with Crippen LogP contribution in [0.25, 0.3) is 17.5 Å². The molecule has 8 nitrogen and oxygen atoms in total. The third-order valence-corrected chi connectivity index (χ3v) is 4.82. The Morgan fingerprint density at radius 1 is 1.10 bits per heavy atom. The number of aromatic nitrogens is 2. The molecule has 1 aromatic heterocycles. The van der Waals surface area contributed by atoms with E-state index in [4.69, 9.17) is 9.15 Å². The minimum absolute atomic E-state index is 0.115. The van der Waals surface area contributed by atoms with Gasteiger partial charge in [0.2, 0.25) is 15.9 Å². The SMILES string of the molecule is C[C@H](OC(=O)CNS(=O)(=O)/C=C/c1ccccc1)c1nnc(-c2ccccc2)o1. The summed E-state index contributed by atoms with van der Waals surface area (Å²) in [6.07, 6.45) is 0.608. The van der Waals surface area contributed by atoms with E-state index in [-0.39, 0.29) is 5.89 Å². The minimum Gasteiger partial charge on any atom is -0.452 e. The third-order valence-electron chi connectivity index (χ3n) is 3.77. The molecule has 0 aliphatic heterocycles. The Kier molecular flexibility index (Phi) is 6.53. The lowest BCUT2D eigenvalue weighted by Gasteiger charge is -2.09. The summed E-state index contributed by atoms with van der Waals surface area (Å²) >= 11 is 0. The number of benzene rings is 2. The highest BCUT2D eigenvalue weighted by Crippen LogP contribution is 2.21. The summed E-state index contributed by atoms with van der Waals surface area (Å²) in [5.41, 5.74) is 1.46. The van der Waals surface area contributed by atoms with Gasteiger partial charge in [0.05, 0.1) is 0 Å². The smallest absolute Gasteiger partial charge is 0.321 e. The number of carbonyl (C=O) groups excluding carboxylic acids is 1. The normalized spacial score (nSPS) is 12.7. The van der Waals surface area contributed by atoms with E-state index in [2.05, 4.69) is 14.9 Å². The van der Waals surface area contributed by atoms with Crippen LogP contribution < -0.4 is 4.72 Å². The zero-order valence-corrected chi connectivity index (χ0v) is 16.4. The van der Waals surface area contributed by atoms with Gasteiger partial charge in [0.15, 0.2) is 6.10 Å². The Morgan fingerprint density at radius 2 is 1.76 bits per heavy atom. The molecular formula is C20H19N3O5S. The van der Waals surface area contributed by atoms with Gasteiger partial charge in [-0.1, -0.05) is 48.5 Å². The molecule has 1 N–H and O–H groups in total. The number of esters is 1. The molecule has 1 atom stereocenters. The van der Waals surface area contributed by atoms with Crippen LogP contribution in [0.3, 0.4) is 0 Å². The molecule has 0 aliphatic rings. The first-order chi connectivity index (χ1) is 13.9. The second-order valence-corrected chi connectivity index (χ2v) is 7.67. The summed E-state index contributed by atoms with van der Waals surface area (Å²) in [7, 11) is -3.79. The maximum atomic E-state index is 12.0. The van der Waals surface area contributed by atoms with Crippen LogP contribution in [0.1, 0.15) is 24.5 Å². The second-order valence-electron chi connectivity index (χ2n) is 6.02. The van der Waals surface area contributed by atoms with Gasteiger partial charge in [-0.15, -0.1) is 10.2 Å². The van der Waals surface area contributed by atoms with E-state index in [1.165, 1.54) is 6.08 Å². The molecule has 2 aromatic carbocycles. The van der Waals surface area contributed by atoms with Crippen molar-refractivity contribution in [3.05, 3.63) is 77.5 Å². The Labute approximate surface area is 168 Å². The van der Waals surface area contributed by atoms with Gasteiger partial charge in [-0.3, -0.25) is 4.79 Å². The molecule has 0 unspecified atom stereocenters. The van der Waals surface area contributed by atoms with Crippen LogP contribution in [-0.2, 0) is 19.6 Å². The van der Waals surface area contributed by atoms with Gasteiger partial charge in [0, 0.05) is 11.0 Å². The van der Waals surface area contributed by atoms with Crippen molar-refractivity contribution in [1.29, 1.82) is 0 Å². The quantitative estimate of drug-likeness (QED) is 0.565. The van der Waals surface area contributed by atoms with Crippen molar-refractivity contribution >= 4 is 22.1 Å². The van der Waals surface area contributed by atoms with Gasteiger partial charge >= 0.3 is 5.97 Å². The molecule has 29 heavy (non-hydrogen) atoms. The number of hydrogen-bond donors (Lipinski definition) is 1. The van der Waals surface area contributed by atoms with Crippen LogP contribution in [0.4, 0.5) is 0 Å². The molecule has 1 heterocycles. The summed E-state index contributed by atoms with van der Waals surface area (Å²) in [5.74, 6) is -0.354. The van der Waals surface area contributed by atoms with E-state index >= 15 is 0 Å². The van der Waals surface area contributed by atoms with E-state index in [9.17, 15) is 13.2 Å². The topological polar surface area (TPSA) is 111 Å². The maximum absolute atomic E-state index is 12.0. The first-order valence-electron chi connectivity index (χ1n) is 8.74. The van der Waals surface area contributed by atoms with Crippen molar-refractivity contribution in [2.24, 2.45) is 0 Å². The molecular weight excluding hydrogens is 394 g/mol. The van der Waals surface area contributed by atoms with Gasteiger partial charge in [-0.25, -0.2) is 13.1 Å². The second kappa shape index (κ2) is 9.26. The van der Waals surface area contributed by atoms with Crippen LogP contribution in [0, 0.1) is 0 Å². The zero-order chi connectivity index (χ0) is 20.7. The van der Waals surface area contributed by atoms with Crippen molar-refractivity contribution < 1.29 is 22.4 Å². The van der Waals surface area contributed by atoms with Crippen molar-refractivity contribution in [2.75, 3.05) is 6.54 Å². The van der Waals surface area contributed by atoms with Crippen molar-refractivity contribution in [3.63, 3.8) is 0 Å². The predicted molar refractivity (Wildman–Crippen MR) is 107 cm³/mol. The largest absolute Gasteiger partial charge is 0.452 e. The molecule has 0 radical (unpaired) electrons. The monoisotopic (exact) mass is 413 g/mol. The molecule has 0 saturated carbocycles.